The highest BCUT2D eigenvalue weighted by atomic mass is 16.5. The van der Waals surface area contributed by atoms with E-state index in [0.717, 1.165) is 12.5 Å². The van der Waals surface area contributed by atoms with Gasteiger partial charge in [-0.3, -0.25) is 0 Å². The first-order valence-electron chi connectivity index (χ1n) is 4.53. The van der Waals surface area contributed by atoms with Crippen molar-refractivity contribution in [3.05, 3.63) is 18.3 Å². The Kier molecular flexibility index (Phi) is 2.08. The first-order valence-corrected chi connectivity index (χ1v) is 4.53. The zero-order valence-electron chi connectivity index (χ0n) is 7.60. The summed E-state index contributed by atoms with van der Waals surface area (Å²) in [5.41, 5.74) is 0. The summed E-state index contributed by atoms with van der Waals surface area (Å²) in [4.78, 5) is 3.93. The van der Waals surface area contributed by atoms with Gasteiger partial charge in [-0.25, -0.2) is 4.98 Å². The number of aromatic hydroxyl groups is 1. The minimum Gasteiger partial charge on any atom is -0.506 e. The minimum absolute atomic E-state index is 0.173. The molecule has 1 saturated carbocycles. The van der Waals surface area contributed by atoms with Crippen LogP contribution in [0, 0.1) is 11.8 Å². The highest BCUT2D eigenvalue weighted by Crippen LogP contribution is 2.37. The summed E-state index contributed by atoms with van der Waals surface area (Å²) in [6.07, 6.45) is 2.66. The summed E-state index contributed by atoms with van der Waals surface area (Å²) in [6.45, 7) is 2.97. The van der Waals surface area contributed by atoms with Gasteiger partial charge >= 0.3 is 0 Å². The van der Waals surface area contributed by atoms with E-state index in [1.807, 2.05) is 0 Å². The zero-order chi connectivity index (χ0) is 9.26. The molecule has 2 unspecified atom stereocenters. The van der Waals surface area contributed by atoms with Crippen molar-refractivity contribution in [2.24, 2.45) is 11.8 Å². The van der Waals surface area contributed by atoms with Crippen LogP contribution in [0.1, 0.15) is 13.3 Å². The molecule has 2 rings (SSSR count). The second-order valence-corrected chi connectivity index (χ2v) is 3.64. The van der Waals surface area contributed by atoms with Gasteiger partial charge in [0.1, 0.15) is 5.75 Å². The molecule has 1 aromatic heterocycles. The summed E-state index contributed by atoms with van der Waals surface area (Å²) < 4.78 is 5.43. The SMILES string of the molecule is CC1CC1COc1ccc(O)cn1. The molecule has 0 amide bonds. The molecule has 0 spiro atoms. The van der Waals surface area contributed by atoms with E-state index in [1.54, 1.807) is 12.1 Å². The van der Waals surface area contributed by atoms with E-state index in [2.05, 4.69) is 11.9 Å². The van der Waals surface area contributed by atoms with Crippen molar-refractivity contribution < 1.29 is 9.84 Å². The van der Waals surface area contributed by atoms with Crippen LogP contribution in [0.25, 0.3) is 0 Å². The van der Waals surface area contributed by atoms with Crippen molar-refractivity contribution in [2.75, 3.05) is 6.61 Å². The first kappa shape index (κ1) is 8.35. The molecule has 1 aromatic rings. The molecule has 0 aliphatic heterocycles. The van der Waals surface area contributed by atoms with Crippen LogP contribution in [0.4, 0.5) is 0 Å². The van der Waals surface area contributed by atoms with E-state index in [0.29, 0.717) is 11.8 Å². The van der Waals surface area contributed by atoms with E-state index < -0.39 is 0 Å². The molecule has 0 aromatic carbocycles. The van der Waals surface area contributed by atoms with Gasteiger partial charge in [0, 0.05) is 6.07 Å². The first-order chi connectivity index (χ1) is 6.25. The van der Waals surface area contributed by atoms with Gasteiger partial charge in [-0.05, 0) is 24.3 Å². The molecular weight excluding hydrogens is 166 g/mol. The number of hydrogen-bond acceptors (Lipinski definition) is 3. The third-order valence-electron chi connectivity index (χ3n) is 2.44. The second kappa shape index (κ2) is 3.24. The molecule has 1 heterocycles. The highest BCUT2D eigenvalue weighted by Gasteiger charge is 2.33. The average molecular weight is 179 g/mol. The summed E-state index contributed by atoms with van der Waals surface area (Å²) in [7, 11) is 0. The standard InChI is InChI=1S/C10H13NO2/c1-7-4-8(7)6-13-10-3-2-9(12)5-11-10/h2-3,5,7-8,12H,4,6H2,1H3. The quantitative estimate of drug-likeness (QED) is 0.769. The molecule has 1 fully saturated rings. The molecule has 1 aliphatic carbocycles. The topological polar surface area (TPSA) is 42.4 Å². The summed E-state index contributed by atoms with van der Waals surface area (Å²) >= 11 is 0. The Morgan fingerprint density at radius 3 is 2.92 bits per heavy atom. The van der Waals surface area contributed by atoms with Crippen LogP contribution in [-0.2, 0) is 0 Å². The van der Waals surface area contributed by atoms with Gasteiger partial charge in [-0.2, -0.15) is 0 Å². The van der Waals surface area contributed by atoms with Crippen LogP contribution >= 0.6 is 0 Å². The molecule has 2 atom stereocenters. The second-order valence-electron chi connectivity index (χ2n) is 3.64. The smallest absolute Gasteiger partial charge is 0.213 e. The van der Waals surface area contributed by atoms with E-state index in [-0.39, 0.29) is 5.75 Å². The van der Waals surface area contributed by atoms with E-state index in [1.165, 1.54) is 12.6 Å². The monoisotopic (exact) mass is 179 g/mol. The molecule has 3 nitrogen and oxygen atoms in total. The fourth-order valence-electron chi connectivity index (χ4n) is 1.28. The van der Waals surface area contributed by atoms with E-state index >= 15 is 0 Å². The number of pyridine rings is 1. The summed E-state index contributed by atoms with van der Waals surface area (Å²) in [5, 5.41) is 8.97. The maximum absolute atomic E-state index is 8.97. The Morgan fingerprint density at radius 1 is 1.62 bits per heavy atom. The maximum atomic E-state index is 8.97. The lowest BCUT2D eigenvalue weighted by atomic mass is 10.4. The summed E-state index contributed by atoms with van der Waals surface area (Å²) in [6, 6.07) is 3.26. The Hall–Kier alpha value is -1.25. The van der Waals surface area contributed by atoms with Crippen LogP contribution < -0.4 is 4.74 Å². The molecule has 0 radical (unpaired) electrons. The number of rotatable bonds is 3. The van der Waals surface area contributed by atoms with Gasteiger partial charge in [-0.1, -0.05) is 6.92 Å². The average Bonchev–Trinajstić information content (AvgIpc) is 2.81. The molecule has 0 bridgehead atoms. The number of hydrogen-bond donors (Lipinski definition) is 1. The fraction of sp³-hybridized carbons (Fsp3) is 0.500. The van der Waals surface area contributed by atoms with Crippen LogP contribution in [-0.4, -0.2) is 16.7 Å². The van der Waals surface area contributed by atoms with Crippen molar-refractivity contribution in [1.82, 2.24) is 4.98 Å². The third-order valence-corrected chi connectivity index (χ3v) is 2.44. The molecule has 1 N–H and O–H groups in total. The van der Waals surface area contributed by atoms with Crippen LogP contribution in [0.2, 0.25) is 0 Å². The van der Waals surface area contributed by atoms with Crippen molar-refractivity contribution in [3.8, 4) is 11.6 Å². The lowest BCUT2D eigenvalue weighted by Crippen LogP contribution is -2.01. The Bertz CT molecular complexity index is 283. The largest absolute Gasteiger partial charge is 0.506 e. The predicted octanol–water partition coefficient (Wildman–Crippen LogP) is 1.82. The number of nitrogens with zero attached hydrogens (tertiary/aromatic N) is 1. The predicted molar refractivity (Wildman–Crippen MR) is 48.7 cm³/mol. The fourth-order valence-corrected chi connectivity index (χ4v) is 1.28. The Labute approximate surface area is 77.4 Å². The molecule has 3 heteroatoms. The van der Waals surface area contributed by atoms with Gasteiger partial charge < -0.3 is 9.84 Å². The third kappa shape index (κ3) is 2.11. The summed E-state index contributed by atoms with van der Waals surface area (Å²) in [5.74, 6) is 2.27. The van der Waals surface area contributed by atoms with Gasteiger partial charge in [-0.15, -0.1) is 0 Å². The van der Waals surface area contributed by atoms with Gasteiger partial charge in [0.05, 0.1) is 12.8 Å². The van der Waals surface area contributed by atoms with Crippen molar-refractivity contribution in [2.45, 2.75) is 13.3 Å². The molecule has 13 heavy (non-hydrogen) atoms. The van der Waals surface area contributed by atoms with E-state index in [9.17, 15) is 0 Å². The van der Waals surface area contributed by atoms with Gasteiger partial charge in [0.25, 0.3) is 0 Å². The lowest BCUT2D eigenvalue weighted by Gasteiger charge is -2.03. The maximum Gasteiger partial charge on any atom is 0.213 e. The van der Waals surface area contributed by atoms with Crippen LogP contribution in [0.15, 0.2) is 18.3 Å². The van der Waals surface area contributed by atoms with Crippen molar-refractivity contribution >= 4 is 0 Å². The molecular formula is C10H13NO2. The van der Waals surface area contributed by atoms with Crippen LogP contribution in [0.3, 0.4) is 0 Å². The minimum atomic E-state index is 0.173. The van der Waals surface area contributed by atoms with Gasteiger partial charge in [0.2, 0.25) is 5.88 Å². The lowest BCUT2D eigenvalue weighted by molar-refractivity contribution is 0.281. The Balaban J connectivity index is 1.84. The highest BCUT2D eigenvalue weighted by molar-refractivity contribution is 5.21. The van der Waals surface area contributed by atoms with Gasteiger partial charge in [0.15, 0.2) is 0 Å². The number of aromatic nitrogens is 1. The molecule has 1 aliphatic rings. The van der Waals surface area contributed by atoms with E-state index in [4.69, 9.17) is 9.84 Å². The normalized spacial score (nSPS) is 25.6. The number of ether oxygens (including phenoxy) is 1. The van der Waals surface area contributed by atoms with Crippen LogP contribution in [0.5, 0.6) is 11.6 Å². The molecule has 0 saturated heterocycles. The Morgan fingerprint density at radius 2 is 2.38 bits per heavy atom. The van der Waals surface area contributed by atoms with Crippen molar-refractivity contribution in [3.63, 3.8) is 0 Å². The molecule has 70 valence electrons. The zero-order valence-corrected chi connectivity index (χ0v) is 7.60. The van der Waals surface area contributed by atoms with Crippen molar-refractivity contribution in [1.29, 1.82) is 0 Å².